The van der Waals surface area contributed by atoms with Crippen molar-refractivity contribution in [2.24, 2.45) is 0 Å². The van der Waals surface area contributed by atoms with Crippen LogP contribution in [0.2, 0.25) is 0 Å². The van der Waals surface area contributed by atoms with Gasteiger partial charge in [-0.1, -0.05) is 352 Å². The molecule has 0 aliphatic heterocycles. The summed E-state index contributed by atoms with van der Waals surface area (Å²) in [4.78, 5) is 38.2. The maximum Gasteiger partial charge on any atom is 0.306 e. The first-order valence-corrected chi connectivity index (χ1v) is 35.1. The molecule has 0 rings (SSSR count). The zero-order valence-electron chi connectivity index (χ0n) is 53.2. The van der Waals surface area contributed by atoms with Crippen molar-refractivity contribution in [3.05, 3.63) is 48.6 Å². The van der Waals surface area contributed by atoms with Crippen molar-refractivity contribution in [2.45, 2.75) is 386 Å². The van der Waals surface area contributed by atoms with Gasteiger partial charge in [0.2, 0.25) is 0 Å². The van der Waals surface area contributed by atoms with Crippen LogP contribution in [0.4, 0.5) is 0 Å². The standard InChI is InChI=1S/C73H134O6/c1-4-7-10-13-16-19-21-23-25-27-29-31-32-33-34-35-36-37-38-39-40-41-42-43-45-46-48-50-52-54-57-60-63-66-72(75)78-69-70(68-77-71(74)65-62-59-56-18-15-12-9-6-3)79-73(76)67-64-61-58-55-53-51-49-47-44-30-28-26-24-22-20-17-14-11-8-5-2/h7,10,16,19,23,25,29,31,70H,4-6,8-9,11-15,17-18,20-22,24,26-28,30,32-69H2,1-3H3/b10-7-,19-16-,25-23-,31-29-. The van der Waals surface area contributed by atoms with Gasteiger partial charge in [-0.2, -0.15) is 0 Å². The van der Waals surface area contributed by atoms with Gasteiger partial charge in [0.05, 0.1) is 0 Å². The fourth-order valence-corrected chi connectivity index (χ4v) is 10.6. The highest BCUT2D eigenvalue weighted by Gasteiger charge is 2.19. The van der Waals surface area contributed by atoms with Crippen LogP contribution in [-0.4, -0.2) is 37.2 Å². The van der Waals surface area contributed by atoms with E-state index in [1.807, 2.05) is 0 Å². The Bertz CT molecular complexity index is 1360. The summed E-state index contributed by atoms with van der Waals surface area (Å²) in [5.74, 6) is -0.841. The van der Waals surface area contributed by atoms with Crippen LogP contribution in [0.15, 0.2) is 48.6 Å². The van der Waals surface area contributed by atoms with Crippen LogP contribution < -0.4 is 0 Å². The number of hydrogen-bond acceptors (Lipinski definition) is 6. The first kappa shape index (κ1) is 76.4. The minimum absolute atomic E-state index is 0.0653. The molecule has 0 fully saturated rings. The molecule has 0 N–H and O–H groups in total. The molecule has 462 valence electrons. The Morgan fingerprint density at radius 1 is 0.266 bits per heavy atom. The minimum atomic E-state index is -0.766. The zero-order chi connectivity index (χ0) is 57.1. The van der Waals surface area contributed by atoms with Crippen LogP contribution in [0.25, 0.3) is 0 Å². The lowest BCUT2D eigenvalue weighted by Crippen LogP contribution is -2.30. The van der Waals surface area contributed by atoms with Crippen molar-refractivity contribution >= 4 is 17.9 Å². The van der Waals surface area contributed by atoms with Crippen LogP contribution in [0.5, 0.6) is 0 Å². The summed E-state index contributed by atoms with van der Waals surface area (Å²) in [6.45, 7) is 6.57. The molecule has 0 heterocycles. The first-order chi connectivity index (χ1) is 39.0. The van der Waals surface area contributed by atoms with Crippen molar-refractivity contribution in [2.75, 3.05) is 13.2 Å². The number of carbonyl (C=O) groups is 3. The molecule has 0 amide bonds. The molecular formula is C73H134O6. The molecule has 79 heavy (non-hydrogen) atoms. The molecule has 0 saturated heterocycles. The summed E-state index contributed by atoms with van der Waals surface area (Å²) in [6, 6.07) is 0. The van der Waals surface area contributed by atoms with Crippen LogP contribution in [0.3, 0.4) is 0 Å². The Morgan fingerprint density at radius 3 is 0.772 bits per heavy atom. The summed E-state index contributed by atoms with van der Waals surface area (Å²) < 4.78 is 16.9. The smallest absolute Gasteiger partial charge is 0.306 e. The van der Waals surface area contributed by atoms with E-state index in [0.717, 1.165) is 83.5 Å². The van der Waals surface area contributed by atoms with Crippen molar-refractivity contribution < 1.29 is 28.6 Å². The van der Waals surface area contributed by atoms with Crippen LogP contribution in [-0.2, 0) is 28.6 Å². The number of unbranched alkanes of at least 4 members (excludes halogenated alkanes) is 46. The lowest BCUT2D eigenvalue weighted by Gasteiger charge is -2.18. The largest absolute Gasteiger partial charge is 0.462 e. The van der Waals surface area contributed by atoms with Gasteiger partial charge in [0.1, 0.15) is 13.2 Å². The second kappa shape index (κ2) is 67.9. The van der Waals surface area contributed by atoms with Crippen LogP contribution in [0, 0.1) is 0 Å². The molecule has 0 aromatic carbocycles. The average Bonchev–Trinajstić information content (AvgIpc) is 3.45. The van der Waals surface area contributed by atoms with E-state index in [0.29, 0.717) is 19.3 Å². The van der Waals surface area contributed by atoms with Gasteiger partial charge in [0.15, 0.2) is 6.10 Å². The third kappa shape index (κ3) is 66.1. The molecule has 1 unspecified atom stereocenters. The fourth-order valence-electron chi connectivity index (χ4n) is 10.6. The third-order valence-corrected chi connectivity index (χ3v) is 15.8. The van der Waals surface area contributed by atoms with Crippen molar-refractivity contribution in [3.8, 4) is 0 Å². The summed E-state index contributed by atoms with van der Waals surface area (Å²) in [5.41, 5.74) is 0. The second-order valence-electron chi connectivity index (χ2n) is 23.8. The maximum atomic E-state index is 12.9. The number of ether oxygens (including phenoxy) is 3. The van der Waals surface area contributed by atoms with Crippen molar-refractivity contribution in [3.63, 3.8) is 0 Å². The van der Waals surface area contributed by atoms with Gasteiger partial charge in [-0.25, -0.2) is 0 Å². The molecule has 0 aromatic heterocycles. The lowest BCUT2D eigenvalue weighted by atomic mass is 10.0. The van der Waals surface area contributed by atoms with E-state index in [4.69, 9.17) is 14.2 Å². The van der Waals surface area contributed by atoms with Gasteiger partial charge in [-0.15, -0.1) is 0 Å². The van der Waals surface area contributed by atoms with Crippen molar-refractivity contribution in [1.82, 2.24) is 0 Å². The molecule has 0 aliphatic carbocycles. The maximum absolute atomic E-state index is 12.9. The quantitative estimate of drug-likeness (QED) is 0.0261. The predicted octanol–water partition coefficient (Wildman–Crippen LogP) is 24.1. The SMILES string of the molecule is CC/C=C\C/C=C\C/C=C\C/C=C\CCCCCCCCCCCCCCCCCCCCCCC(=O)OCC(COC(=O)CCCCCCCCCC)OC(=O)CCCCCCCCCCCCCCCCCCCCCC. The van der Waals surface area contributed by atoms with E-state index >= 15 is 0 Å². The molecule has 0 saturated carbocycles. The predicted molar refractivity (Wildman–Crippen MR) is 344 cm³/mol. The minimum Gasteiger partial charge on any atom is -0.462 e. The summed E-state index contributed by atoms with van der Waals surface area (Å²) in [5, 5.41) is 0. The van der Waals surface area contributed by atoms with Gasteiger partial charge < -0.3 is 14.2 Å². The van der Waals surface area contributed by atoms with Gasteiger partial charge in [0, 0.05) is 19.3 Å². The van der Waals surface area contributed by atoms with Gasteiger partial charge in [0.25, 0.3) is 0 Å². The number of hydrogen-bond donors (Lipinski definition) is 0. The summed E-state index contributed by atoms with van der Waals surface area (Å²) in [6.07, 6.45) is 86.0. The van der Waals surface area contributed by atoms with E-state index in [-0.39, 0.29) is 31.1 Å². The molecule has 6 nitrogen and oxygen atoms in total. The first-order valence-electron chi connectivity index (χ1n) is 35.1. The van der Waals surface area contributed by atoms with Crippen LogP contribution >= 0.6 is 0 Å². The van der Waals surface area contributed by atoms with E-state index in [1.165, 1.54) is 257 Å². The van der Waals surface area contributed by atoms with E-state index in [9.17, 15) is 14.4 Å². The summed E-state index contributed by atoms with van der Waals surface area (Å²) >= 11 is 0. The fraction of sp³-hybridized carbons (Fsp3) is 0.849. The van der Waals surface area contributed by atoms with Gasteiger partial charge in [-0.3, -0.25) is 14.4 Å². The number of allylic oxidation sites excluding steroid dienone is 8. The summed E-state index contributed by atoms with van der Waals surface area (Å²) in [7, 11) is 0. The van der Waals surface area contributed by atoms with Gasteiger partial charge in [-0.05, 0) is 57.8 Å². The number of rotatable bonds is 65. The average molecular weight is 1110 g/mol. The molecule has 0 aromatic rings. The molecule has 1 atom stereocenters. The van der Waals surface area contributed by atoms with E-state index in [1.54, 1.807) is 0 Å². The zero-order valence-corrected chi connectivity index (χ0v) is 53.2. The topological polar surface area (TPSA) is 78.9 Å². The number of carbonyl (C=O) groups excluding carboxylic acids is 3. The number of esters is 3. The van der Waals surface area contributed by atoms with Crippen molar-refractivity contribution in [1.29, 1.82) is 0 Å². The Balaban J connectivity index is 4.01. The van der Waals surface area contributed by atoms with Gasteiger partial charge >= 0.3 is 17.9 Å². The Hall–Kier alpha value is -2.63. The Labute approximate surface area is 492 Å². The highest BCUT2D eigenvalue weighted by molar-refractivity contribution is 5.71. The molecule has 0 bridgehead atoms. The monoisotopic (exact) mass is 1110 g/mol. The van der Waals surface area contributed by atoms with E-state index in [2.05, 4.69) is 69.4 Å². The van der Waals surface area contributed by atoms with E-state index < -0.39 is 6.10 Å². The second-order valence-corrected chi connectivity index (χ2v) is 23.8. The lowest BCUT2D eigenvalue weighted by molar-refractivity contribution is -0.167. The third-order valence-electron chi connectivity index (χ3n) is 15.8. The normalized spacial score (nSPS) is 12.3. The van der Waals surface area contributed by atoms with Crippen LogP contribution in [0.1, 0.15) is 380 Å². The molecule has 0 radical (unpaired) electrons. The molecule has 0 spiro atoms. The Kier molecular flexibility index (Phi) is 65.6. The molecule has 0 aliphatic rings. The molecule has 6 heteroatoms. The highest BCUT2D eigenvalue weighted by atomic mass is 16.6. The highest BCUT2D eigenvalue weighted by Crippen LogP contribution is 2.19. The molecular weight excluding hydrogens is 973 g/mol. The Morgan fingerprint density at radius 2 is 0.494 bits per heavy atom.